The van der Waals surface area contributed by atoms with Gasteiger partial charge in [0.05, 0.1) is 13.7 Å². The van der Waals surface area contributed by atoms with Gasteiger partial charge in [0.25, 0.3) is 0 Å². The average Bonchev–Trinajstić information content (AvgIpc) is 3.19. The van der Waals surface area contributed by atoms with Gasteiger partial charge in [-0.05, 0) is 35.2 Å². The largest absolute Gasteiger partial charge is 0.494 e. The van der Waals surface area contributed by atoms with Gasteiger partial charge in [0.15, 0.2) is 11.6 Å². The molecule has 3 rings (SSSR count). The molecule has 0 aliphatic heterocycles. The van der Waals surface area contributed by atoms with Gasteiger partial charge in [0.2, 0.25) is 5.91 Å². The highest BCUT2D eigenvalue weighted by molar-refractivity contribution is 5.76. The number of benzene rings is 2. The van der Waals surface area contributed by atoms with E-state index in [1.54, 1.807) is 23.1 Å². The van der Waals surface area contributed by atoms with Crippen molar-refractivity contribution in [2.75, 3.05) is 7.11 Å². The number of carbonyl (C=O) groups excluding carboxylic acids is 1. The van der Waals surface area contributed by atoms with Crippen LogP contribution in [0.4, 0.5) is 4.39 Å². The van der Waals surface area contributed by atoms with E-state index in [0.29, 0.717) is 25.9 Å². The predicted octanol–water partition coefficient (Wildman–Crippen LogP) is 2.72. The Balaban J connectivity index is 1.44. The highest BCUT2D eigenvalue weighted by Crippen LogP contribution is 2.18. The van der Waals surface area contributed by atoms with Crippen LogP contribution in [0.5, 0.6) is 5.75 Å². The van der Waals surface area contributed by atoms with Crippen molar-refractivity contribution in [2.45, 2.75) is 25.9 Å². The van der Waals surface area contributed by atoms with E-state index in [9.17, 15) is 9.18 Å². The van der Waals surface area contributed by atoms with Crippen LogP contribution in [0.3, 0.4) is 0 Å². The molecule has 3 aromatic rings. The molecular weight excluding hydrogens is 347 g/mol. The number of aromatic nitrogens is 3. The molecule has 0 aliphatic carbocycles. The molecule has 0 bridgehead atoms. The van der Waals surface area contributed by atoms with Gasteiger partial charge in [-0.15, -0.1) is 0 Å². The minimum absolute atomic E-state index is 0.0714. The number of amides is 1. The molecular formula is C20H21FN4O2. The summed E-state index contributed by atoms with van der Waals surface area (Å²) in [6, 6.07) is 12.7. The Hall–Kier alpha value is -3.22. The molecule has 27 heavy (non-hydrogen) atoms. The van der Waals surface area contributed by atoms with E-state index in [1.807, 2.05) is 24.3 Å². The number of rotatable bonds is 8. The summed E-state index contributed by atoms with van der Waals surface area (Å²) in [4.78, 5) is 15.9. The second-order valence-electron chi connectivity index (χ2n) is 6.16. The van der Waals surface area contributed by atoms with Crippen molar-refractivity contribution >= 4 is 5.91 Å². The first-order valence-corrected chi connectivity index (χ1v) is 8.63. The first-order chi connectivity index (χ1) is 13.1. The Labute approximate surface area is 157 Å². The third kappa shape index (κ3) is 5.37. The molecule has 0 saturated heterocycles. The topological polar surface area (TPSA) is 69.0 Å². The van der Waals surface area contributed by atoms with Crippen molar-refractivity contribution in [3.63, 3.8) is 0 Å². The van der Waals surface area contributed by atoms with Crippen LogP contribution in [0, 0.1) is 5.82 Å². The fourth-order valence-electron chi connectivity index (χ4n) is 2.68. The highest BCUT2D eigenvalue weighted by atomic mass is 19.1. The van der Waals surface area contributed by atoms with Crippen LogP contribution in [-0.4, -0.2) is 27.8 Å². The number of halogens is 1. The molecule has 1 amide bonds. The van der Waals surface area contributed by atoms with E-state index in [2.05, 4.69) is 15.4 Å². The molecule has 2 aromatic carbocycles. The Morgan fingerprint density at radius 3 is 2.56 bits per heavy atom. The molecule has 7 heteroatoms. The standard InChI is InChI=1S/C20H21FN4O2/c1-27-19-8-6-15(10-18(19)21)7-9-20(26)23-11-16-2-4-17(5-3-16)12-25-14-22-13-24-25/h2-6,8,10,13-14H,7,9,11-12H2,1H3,(H,23,26). The zero-order chi connectivity index (χ0) is 19.1. The molecule has 0 unspecified atom stereocenters. The molecule has 0 atom stereocenters. The van der Waals surface area contributed by atoms with Crippen molar-refractivity contribution < 1.29 is 13.9 Å². The quantitative estimate of drug-likeness (QED) is 0.664. The van der Waals surface area contributed by atoms with E-state index >= 15 is 0 Å². The zero-order valence-corrected chi connectivity index (χ0v) is 15.1. The predicted molar refractivity (Wildman–Crippen MR) is 98.7 cm³/mol. The van der Waals surface area contributed by atoms with Crippen molar-refractivity contribution in [3.05, 3.63) is 77.6 Å². The van der Waals surface area contributed by atoms with Crippen LogP contribution < -0.4 is 10.1 Å². The van der Waals surface area contributed by atoms with Crippen molar-refractivity contribution in [2.24, 2.45) is 0 Å². The number of nitrogens with one attached hydrogen (secondary N) is 1. The normalized spacial score (nSPS) is 10.6. The summed E-state index contributed by atoms with van der Waals surface area (Å²) in [7, 11) is 1.42. The maximum atomic E-state index is 13.7. The second-order valence-corrected chi connectivity index (χ2v) is 6.16. The molecule has 0 spiro atoms. The molecule has 1 aromatic heterocycles. The van der Waals surface area contributed by atoms with Gasteiger partial charge in [-0.25, -0.2) is 14.1 Å². The summed E-state index contributed by atoms with van der Waals surface area (Å²) in [6.07, 6.45) is 3.95. The van der Waals surface area contributed by atoms with Crippen LogP contribution >= 0.6 is 0 Å². The molecule has 6 nitrogen and oxygen atoms in total. The maximum Gasteiger partial charge on any atom is 0.220 e. The number of ether oxygens (including phenoxy) is 1. The fourth-order valence-corrected chi connectivity index (χ4v) is 2.68. The summed E-state index contributed by atoms with van der Waals surface area (Å²) in [5.41, 5.74) is 2.89. The van der Waals surface area contributed by atoms with Gasteiger partial charge in [0.1, 0.15) is 12.7 Å². The molecule has 0 saturated carbocycles. The SMILES string of the molecule is COc1ccc(CCC(=O)NCc2ccc(Cn3cncn3)cc2)cc1F. The Bertz CT molecular complexity index is 880. The van der Waals surface area contributed by atoms with Crippen molar-refractivity contribution in [3.8, 4) is 5.75 Å². The van der Waals surface area contributed by atoms with E-state index in [4.69, 9.17) is 4.74 Å². The van der Waals surface area contributed by atoms with E-state index < -0.39 is 5.82 Å². The number of hydrogen-bond acceptors (Lipinski definition) is 4. The smallest absolute Gasteiger partial charge is 0.220 e. The number of aryl methyl sites for hydroxylation is 1. The van der Waals surface area contributed by atoms with Crippen molar-refractivity contribution in [1.82, 2.24) is 20.1 Å². The summed E-state index contributed by atoms with van der Waals surface area (Å²) < 4.78 is 20.3. The highest BCUT2D eigenvalue weighted by Gasteiger charge is 2.06. The lowest BCUT2D eigenvalue weighted by atomic mass is 10.1. The Morgan fingerprint density at radius 1 is 1.15 bits per heavy atom. The average molecular weight is 368 g/mol. The van der Waals surface area contributed by atoms with Gasteiger partial charge >= 0.3 is 0 Å². The molecule has 1 N–H and O–H groups in total. The van der Waals surface area contributed by atoms with Crippen LogP contribution in [0.25, 0.3) is 0 Å². The van der Waals surface area contributed by atoms with E-state index in [-0.39, 0.29) is 11.7 Å². The van der Waals surface area contributed by atoms with Gasteiger partial charge < -0.3 is 10.1 Å². The van der Waals surface area contributed by atoms with Gasteiger partial charge in [-0.1, -0.05) is 30.3 Å². The molecule has 0 aliphatic rings. The molecule has 1 heterocycles. The lowest BCUT2D eigenvalue weighted by molar-refractivity contribution is -0.121. The molecule has 0 fully saturated rings. The van der Waals surface area contributed by atoms with Gasteiger partial charge in [-0.2, -0.15) is 5.10 Å². The zero-order valence-electron chi connectivity index (χ0n) is 15.1. The number of methoxy groups -OCH3 is 1. The van der Waals surface area contributed by atoms with Crippen LogP contribution in [0.1, 0.15) is 23.1 Å². The summed E-state index contributed by atoms with van der Waals surface area (Å²) in [5, 5.41) is 6.96. The van der Waals surface area contributed by atoms with Gasteiger partial charge in [-0.3, -0.25) is 4.79 Å². The maximum absolute atomic E-state index is 13.7. The summed E-state index contributed by atoms with van der Waals surface area (Å²) in [6.45, 7) is 1.12. The van der Waals surface area contributed by atoms with E-state index in [1.165, 1.54) is 19.5 Å². The second kappa shape index (κ2) is 8.93. The van der Waals surface area contributed by atoms with E-state index in [0.717, 1.165) is 16.7 Å². The lowest BCUT2D eigenvalue weighted by Gasteiger charge is -2.08. The number of nitrogens with zero attached hydrogens (tertiary/aromatic N) is 3. The summed E-state index contributed by atoms with van der Waals surface area (Å²) >= 11 is 0. The van der Waals surface area contributed by atoms with Gasteiger partial charge in [0, 0.05) is 13.0 Å². The van der Waals surface area contributed by atoms with Crippen LogP contribution in [-0.2, 0) is 24.3 Å². The fraction of sp³-hybridized carbons (Fsp3) is 0.250. The Kier molecular flexibility index (Phi) is 6.14. The first-order valence-electron chi connectivity index (χ1n) is 8.63. The molecule has 140 valence electrons. The Morgan fingerprint density at radius 2 is 1.89 bits per heavy atom. The third-order valence-corrected chi connectivity index (χ3v) is 4.18. The minimum atomic E-state index is -0.415. The first kappa shape index (κ1) is 18.6. The van der Waals surface area contributed by atoms with Crippen LogP contribution in [0.2, 0.25) is 0 Å². The third-order valence-electron chi connectivity index (χ3n) is 4.18. The van der Waals surface area contributed by atoms with Crippen LogP contribution in [0.15, 0.2) is 55.1 Å². The molecule has 0 radical (unpaired) electrons. The lowest BCUT2D eigenvalue weighted by Crippen LogP contribution is -2.23. The minimum Gasteiger partial charge on any atom is -0.494 e. The monoisotopic (exact) mass is 368 g/mol. The number of hydrogen-bond donors (Lipinski definition) is 1. The number of carbonyl (C=O) groups is 1. The van der Waals surface area contributed by atoms with Crippen molar-refractivity contribution in [1.29, 1.82) is 0 Å². The summed E-state index contributed by atoms with van der Waals surface area (Å²) in [5.74, 6) is -0.283.